The van der Waals surface area contributed by atoms with E-state index in [0.29, 0.717) is 5.92 Å². The number of allylic oxidation sites excluding steroid dienone is 8. The molecule has 1 atom stereocenters. The van der Waals surface area contributed by atoms with Crippen LogP contribution < -0.4 is 4.90 Å². The van der Waals surface area contributed by atoms with Crippen molar-refractivity contribution >= 4 is 55.2 Å². The first-order chi connectivity index (χ1) is 30.5. The third-order valence-corrected chi connectivity index (χ3v) is 13.8. The van der Waals surface area contributed by atoms with Crippen LogP contribution in [0.15, 0.2) is 212 Å². The number of para-hydroxylation sites is 1. The van der Waals surface area contributed by atoms with Gasteiger partial charge in [0.25, 0.3) is 0 Å². The molecule has 62 heavy (non-hydrogen) atoms. The Kier molecular flexibility index (Phi) is 8.27. The van der Waals surface area contributed by atoms with E-state index in [9.17, 15) is 0 Å². The Balaban J connectivity index is 1.11. The number of benzene rings is 8. The first-order valence-electron chi connectivity index (χ1n) is 22.0. The van der Waals surface area contributed by atoms with Crippen molar-refractivity contribution in [1.29, 1.82) is 0 Å². The summed E-state index contributed by atoms with van der Waals surface area (Å²) in [5.74, 6) is 0.471. The molecule has 0 amide bonds. The number of anilines is 2. The Morgan fingerprint density at radius 2 is 1.23 bits per heavy atom. The molecule has 9 aromatic rings. The summed E-state index contributed by atoms with van der Waals surface area (Å²) in [6.07, 6.45) is 12.5. The number of rotatable bonds is 6. The Morgan fingerprint density at radius 1 is 0.581 bits per heavy atom. The van der Waals surface area contributed by atoms with E-state index >= 15 is 0 Å². The number of fused-ring (bicyclic) bond motifs is 14. The first kappa shape index (κ1) is 36.4. The van der Waals surface area contributed by atoms with Crippen LogP contribution in [0.5, 0.6) is 0 Å². The lowest BCUT2D eigenvalue weighted by Gasteiger charge is -2.32. The van der Waals surface area contributed by atoms with Crippen LogP contribution in [-0.2, 0) is 5.41 Å². The molecule has 8 aromatic carbocycles. The third kappa shape index (κ3) is 5.29. The number of nitrogens with zero attached hydrogens (tertiary/aromatic N) is 2. The summed E-state index contributed by atoms with van der Waals surface area (Å²) in [4.78, 5) is 2.52. The fourth-order valence-electron chi connectivity index (χ4n) is 11.1. The predicted molar refractivity (Wildman–Crippen MR) is 263 cm³/mol. The molecular formula is C60H46N2. The van der Waals surface area contributed by atoms with Crippen LogP contribution >= 0.6 is 0 Å². The standard InChI is InChI=1S/C60H46N2/c1-39-16-14-19-45(36-39)62-56-28-13-9-22-49(56)50-35-34-46(38-58(50)62)61(41(3)31-30-40(2)43-33-32-42-17-4-5-18-44(42)37-43)57-29-15-27-55-59(57)51-23-8-12-26-54(51)60(55)52-24-10-6-20-47(52)48-21-7-11-25-53(48)60/h4-35,37-39H,36H2,1-3H3/b40-30+,41-31+. The van der Waals surface area contributed by atoms with Crippen LogP contribution in [-0.4, -0.2) is 4.57 Å². The van der Waals surface area contributed by atoms with Crippen molar-refractivity contribution < 1.29 is 0 Å². The second-order valence-electron chi connectivity index (χ2n) is 17.4. The van der Waals surface area contributed by atoms with Gasteiger partial charge in [-0.2, -0.15) is 0 Å². The maximum absolute atomic E-state index is 2.52. The highest BCUT2D eigenvalue weighted by Crippen LogP contribution is 2.64. The maximum atomic E-state index is 2.52. The minimum atomic E-state index is -0.432. The Bertz CT molecular complexity index is 3390. The molecular weight excluding hydrogens is 749 g/mol. The van der Waals surface area contributed by atoms with Gasteiger partial charge in [0.15, 0.2) is 0 Å². The maximum Gasteiger partial charge on any atom is 0.0726 e. The van der Waals surface area contributed by atoms with E-state index in [4.69, 9.17) is 0 Å². The summed E-state index contributed by atoms with van der Waals surface area (Å²) in [5, 5.41) is 5.06. The third-order valence-electron chi connectivity index (χ3n) is 13.8. The van der Waals surface area contributed by atoms with Gasteiger partial charge in [0.2, 0.25) is 0 Å². The molecule has 0 saturated carbocycles. The molecule has 0 saturated heterocycles. The average molecular weight is 795 g/mol. The molecule has 0 bridgehead atoms. The summed E-state index contributed by atoms with van der Waals surface area (Å²) in [6, 6.07) is 65.7. The molecule has 3 aliphatic carbocycles. The van der Waals surface area contributed by atoms with Gasteiger partial charge in [-0.1, -0.05) is 171 Å². The summed E-state index contributed by atoms with van der Waals surface area (Å²) in [6.45, 7) is 6.81. The van der Waals surface area contributed by atoms with Crippen molar-refractivity contribution in [3.63, 3.8) is 0 Å². The second-order valence-corrected chi connectivity index (χ2v) is 17.4. The van der Waals surface area contributed by atoms with Crippen molar-refractivity contribution in [3.05, 3.63) is 240 Å². The second kappa shape index (κ2) is 14.1. The molecule has 1 unspecified atom stereocenters. The minimum Gasteiger partial charge on any atom is -0.314 e. The zero-order chi connectivity index (χ0) is 41.5. The molecule has 3 aliphatic rings. The molecule has 1 aromatic heterocycles. The zero-order valence-corrected chi connectivity index (χ0v) is 35.3. The fourth-order valence-corrected chi connectivity index (χ4v) is 11.1. The smallest absolute Gasteiger partial charge is 0.0726 e. The first-order valence-corrected chi connectivity index (χ1v) is 22.0. The van der Waals surface area contributed by atoms with Crippen LogP contribution in [0.1, 0.15) is 55.0 Å². The molecule has 0 N–H and O–H groups in total. The zero-order valence-electron chi connectivity index (χ0n) is 35.3. The number of hydrogen-bond acceptors (Lipinski definition) is 1. The highest BCUT2D eigenvalue weighted by Gasteiger charge is 2.52. The molecule has 1 heterocycles. The number of hydrogen-bond donors (Lipinski definition) is 0. The normalized spacial score (nSPS) is 16.1. The van der Waals surface area contributed by atoms with Crippen molar-refractivity contribution in [1.82, 2.24) is 4.57 Å². The van der Waals surface area contributed by atoms with Gasteiger partial charge in [-0.25, -0.2) is 0 Å². The fraction of sp³-hybridized carbons (Fsp3) is 0.100. The summed E-state index contributed by atoms with van der Waals surface area (Å²) in [5.41, 5.74) is 19.8. The van der Waals surface area contributed by atoms with Crippen molar-refractivity contribution in [3.8, 4) is 22.3 Å². The van der Waals surface area contributed by atoms with Crippen molar-refractivity contribution in [2.24, 2.45) is 5.92 Å². The van der Waals surface area contributed by atoms with Gasteiger partial charge < -0.3 is 9.47 Å². The van der Waals surface area contributed by atoms with Crippen LogP contribution in [0.2, 0.25) is 0 Å². The van der Waals surface area contributed by atoms with E-state index in [1.165, 1.54) is 99.6 Å². The SMILES string of the molecule is C/C(=C\C=C(/C)N(c1ccc2c3ccccc3n(C3=CC=CC(C)C3)c2c1)c1cccc2c1-c1ccccc1C21c2ccccc2-c2ccccc21)c1ccc2ccccc2c1. The van der Waals surface area contributed by atoms with Gasteiger partial charge in [-0.3, -0.25) is 0 Å². The summed E-state index contributed by atoms with van der Waals surface area (Å²) >= 11 is 0. The Morgan fingerprint density at radius 3 is 2.00 bits per heavy atom. The average Bonchev–Trinajstić information content (AvgIpc) is 3.93. The van der Waals surface area contributed by atoms with Gasteiger partial charge in [0, 0.05) is 33.4 Å². The van der Waals surface area contributed by atoms with Crippen LogP contribution in [0.25, 0.3) is 66.1 Å². The topological polar surface area (TPSA) is 8.17 Å². The molecule has 0 radical (unpaired) electrons. The lowest BCUT2D eigenvalue weighted by Crippen LogP contribution is -2.26. The lowest BCUT2D eigenvalue weighted by atomic mass is 9.70. The van der Waals surface area contributed by atoms with Crippen LogP contribution in [0.3, 0.4) is 0 Å². The summed E-state index contributed by atoms with van der Waals surface area (Å²) < 4.78 is 2.52. The lowest BCUT2D eigenvalue weighted by molar-refractivity contribution is 0.730. The minimum absolute atomic E-state index is 0.432. The van der Waals surface area contributed by atoms with Crippen molar-refractivity contribution in [2.75, 3.05) is 4.90 Å². The van der Waals surface area contributed by atoms with Crippen LogP contribution in [0.4, 0.5) is 11.4 Å². The number of aromatic nitrogens is 1. The Hall–Kier alpha value is -7.42. The molecule has 1 spiro atoms. The van der Waals surface area contributed by atoms with Gasteiger partial charge in [-0.15, -0.1) is 0 Å². The monoisotopic (exact) mass is 794 g/mol. The highest BCUT2D eigenvalue weighted by atomic mass is 15.2. The predicted octanol–water partition coefficient (Wildman–Crippen LogP) is 15.9. The highest BCUT2D eigenvalue weighted by molar-refractivity contribution is 6.11. The van der Waals surface area contributed by atoms with Gasteiger partial charge in [0.05, 0.1) is 22.1 Å². The summed E-state index contributed by atoms with van der Waals surface area (Å²) in [7, 11) is 0. The molecule has 2 heteroatoms. The van der Waals surface area contributed by atoms with E-state index in [0.717, 1.165) is 17.8 Å². The van der Waals surface area contributed by atoms with E-state index in [1.807, 2.05) is 0 Å². The quantitative estimate of drug-likeness (QED) is 0.152. The van der Waals surface area contributed by atoms with E-state index in [2.05, 4.69) is 237 Å². The molecule has 2 nitrogen and oxygen atoms in total. The van der Waals surface area contributed by atoms with E-state index < -0.39 is 5.41 Å². The molecule has 296 valence electrons. The van der Waals surface area contributed by atoms with Gasteiger partial charge in [0.1, 0.15) is 0 Å². The molecule has 0 fully saturated rings. The largest absolute Gasteiger partial charge is 0.314 e. The van der Waals surface area contributed by atoms with Gasteiger partial charge >= 0.3 is 0 Å². The molecule has 12 rings (SSSR count). The van der Waals surface area contributed by atoms with E-state index in [-0.39, 0.29) is 0 Å². The van der Waals surface area contributed by atoms with Crippen molar-refractivity contribution in [2.45, 2.75) is 32.6 Å². The van der Waals surface area contributed by atoms with Gasteiger partial charge in [-0.05, 0) is 130 Å². The molecule has 0 aliphatic heterocycles. The van der Waals surface area contributed by atoms with Crippen LogP contribution in [0, 0.1) is 5.92 Å². The Labute approximate surface area is 363 Å². The van der Waals surface area contributed by atoms with E-state index in [1.54, 1.807) is 0 Å².